The van der Waals surface area contributed by atoms with Crippen LogP contribution in [0.4, 0.5) is 5.00 Å². The lowest BCUT2D eigenvalue weighted by Crippen LogP contribution is -2.38. The zero-order chi connectivity index (χ0) is 14.4. The Hall–Kier alpha value is -1.23. The van der Waals surface area contributed by atoms with E-state index in [-0.39, 0.29) is 12.1 Å². The summed E-state index contributed by atoms with van der Waals surface area (Å²) in [7, 11) is 0. The van der Waals surface area contributed by atoms with Gasteiger partial charge in [-0.1, -0.05) is 29.3 Å². The average molecular weight is 327 g/mol. The maximum atomic E-state index is 12.3. The summed E-state index contributed by atoms with van der Waals surface area (Å²) in [4.78, 5) is 13.4. The number of amides is 1. The number of fused-ring (bicyclic) bond motifs is 1. The second-order valence-corrected chi connectivity index (χ2v) is 6.77. The average Bonchev–Trinajstić information content (AvgIpc) is 2.65. The quantitative estimate of drug-likeness (QED) is 0.808. The Balaban J connectivity index is 2.01. The highest BCUT2D eigenvalue weighted by Gasteiger charge is 2.29. The first-order valence-corrected chi connectivity index (χ1v) is 7.67. The highest BCUT2D eigenvalue weighted by Crippen LogP contribution is 2.38. The molecular weight excluding hydrogens is 315 g/mol. The lowest BCUT2D eigenvalue weighted by atomic mass is 10.1. The maximum Gasteiger partial charge on any atom is 0.256 e. The minimum absolute atomic E-state index is 0.0726. The van der Waals surface area contributed by atoms with Gasteiger partial charge in [0.15, 0.2) is 0 Å². The number of carbonyl (C=O) groups excluding carboxylic acids is 1. The van der Waals surface area contributed by atoms with Gasteiger partial charge in [0.25, 0.3) is 5.91 Å². The number of carbonyl (C=O) groups is 1. The summed E-state index contributed by atoms with van der Waals surface area (Å²) >= 11 is 13.7. The summed E-state index contributed by atoms with van der Waals surface area (Å²) in [5, 5.41) is 8.25. The van der Waals surface area contributed by atoms with Crippen molar-refractivity contribution >= 4 is 45.4 Å². The molecule has 3 rings (SSSR count). The van der Waals surface area contributed by atoms with Crippen LogP contribution in [0.3, 0.4) is 0 Å². The largest absolute Gasteiger partial charge is 0.353 e. The fraction of sp³-hybridized carbons (Fsp3) is 0.214. The lowest BCUT2D eigenvalue weighted by molar-refractivity contribution is 0.0936. The SMILES string of the molecule is Cc1sc2c(c1C)C(=O)NC(c1ccc(Cl)cc1Cl)N2. The number of halogens is 2. The smallest absolute Gasteiger partial charge is 0.256 e. The van der Waals surface area contributed by atoms with Gasteiger partial charge in [0, 0.05) is 20.5 Å². The van der Waals surface area contributed by atoms with E-state index in [1.807, 2.05) is 19.9 Å². The Morgan fingerprint density at radius 2 is 1.95 bits per heavy atom. The van der Waals surface area contributed by atoms with Crippen molar-refractivity contribution in [3.63, 3.8) is 0 Å². The van der Waals surface area contributed by atoms with Gasteiger partial charge in [-0.15, -0.1) is 11.3 Å². The van der Waals surface area contributed by atoms with Crippen LogP contribution in [0.2, 0.25) is 10.0 Å². The van der Waals surface area contributed by atoms with Gasteiger partial charge < -0.3 is 10.6 Å². The molecule has 2 heterocycles. The van der Waals surface area contributed by atoms with E-state index in [0.717, 1.165) is 26.6 Å². The third-order valence-electron chi connectivity index (χ3n) is 3.44. The van der Waals surface area contributed by atoms with Crippen LogP contribution in [0.25, 0.3) is 0 Å². The first-order valence-electron chi connectivity index (χ1n) is 6.09. The van der Waals surface area contributed by atoms with E-state index in [4.69, 9.17) is 23.2 Å². The standard InChI is InChI=1S/C14H12Cl2N2OS/c1-6-7(2)20-14-11(6)13(19)17-12(18-14)9-4-3-8(15)5-10(9)16/h3-5,12,18H,1-2H3,(H,17,19). The normalized spacial score (nSPS) is 17.4. The molecule has 0 fully saturated rings. The van der Waals surface area contributed by atoms with E-state index in [9.17, 15) is 4.79 Å². The molecule has 1 aromatic heterocycles. The number of hydrogen-bond donors (Lipinski definition) is 2. The van der Waals surface area contributed by atoms with Crippen LogP contribution < -0.4 is 10.6 Å². The highest BCUT2D eigenvalue weighted by molar-refractivity contribution is 7.16. The van der Waals surface area contributed by atoms with E-state index in [1.54, 1.807) is 23.5 Å². The fourth-order valence-corrected chi connectivity index (χ4v) is 3.87. The zero-order valence-electron chi connectivity index (χ0n) is 10.9. The molecule has 1 atom stereocenters. The van der Waals surface area contributed by atoms with E-state index >= 15 is 0 Å². The van der Waals surface area contributed by atoms with Gasteiger partial charge in [-0.05, 0) is 31.5 Å². The van der Waals surface area contributed by atoms with Gasteiger partial charge in [-0.3, -0.25) is 4.79 Å². The zero-order valence-corrected chi connectivity index (χ0v) is 13.2. The molecule has 2 N–H and O–H groups in total. The number of aryl methyl sites for hydroxylation is 1. The predicted molar refractivity (Wildman–Crippen MR) is 84.1 cm³/mol. The minimum atomic E-state index is -0.336. The fourth-order valence-electron chi connectivity index (χ4n) is 2.26. The van der Waals surface area contributed by atoms with Crippen molar-refractivity contribution in [3.8, 4) is 0 Å². The molecule has 6 heteroatoms. The third-order valence-corrected chi connectivity index (χ3v) is 5.14. The van der Waals surface area contributed by atoms with Crippen molar-refractivity contribution in [2.75, 3.05) is 5.32 Å². The Morgan fingerprint density at radius 1 is 1.20 bits per heavy atom. The van der Waals surface area contributed by atoms with Gasteiger partial charge >= 0.3 is 0 Å². The van der Waals surface area contributed by atoms with Crippen molar-refractivity contribution in [1.82, 2.24) is 5.32 Å². The number of anilines is 1. The summed E-state index contributed by atoms with van der Waals surface area (Å²) in [6.07, 6.45) is -0.336. The number of benzene rings is 1. The topological polar surface area (TPSA) is 41.1 Å². The van der Waals surface area contributed by atoms with Crippen molar-refractivity contribution < 1.29 is 4.79 Å². The molecule has 0 saturated carbocycles. The molecule has 1 amide bonds. The Morgan fingerprint density at radius 3 is 2.65 bits per heavy atom. The van der Waals surface area contributed by atoms with Crippen LogP contribution in [0, 0.1) is 13.8 Å². The lowest BCUT2D eigenvalue weighted by Gasteiger charge is -2.27. The predicted octanol–water partition coefficient (Wildman–Crippen LogP) is 4.53. The minimum Gasteiger partial charge on any atom is -0.353 e. The second kappa shape index (κ2) is 4.95. The first kappa shape index (κ1) is 13.7. The van der Waals surface area contributed by atoms with Gasteiger partial charge in [0.05, 0.1) is 5.56 Å². The first-order chi connectivity index (χ1) is 9.47. The van der Waals surface area contributed by atoms with Gasteiger partial charge in [0.2, 0.25) is 0 Å². The molecular formula is C14H12Cl2N2OS. The molecule has 0 radical (unpaired) electrons. The summed E-state index contributed by atoms with van der Waals surface area (Å²) in [5.41, 5.74) is 2.56. The van der Waals surface area contributed by atoms with Crippen molar-refractivity contribution in [1.29, 1.82) is 0 Å². The van der Waals surface area contributed by atoms with Crippen molar-refractivity contribution in [2.24, 2.45) is 0 Å². The van der Waals surface area contributed by atoms with Gasteiger partial charge in [-0.25, -0.2) is 0 Å². The van der Waals surface area contributed by atoms with E-state index in [1.165, 1.54) is 0 Å². The Kier molecular flexibility index (Phi) is 3.40. The molecule has 0 aliphatic carbocycles. The van der Waals surface area contributed by atoms with Crippen molar-refractivity contribution in [2.45, 2.75) is 20.0 Å². The van der Waals surface area contributed by atoms with Crippen LogP contribution in [-0.4, -0.2) is 5.91 Å². The number of nitrogens with one attached hydrogen (secondary N) is 2. The summed E-state index contributed by atoms with van der Waals surface area (Å²) in [5.74, 6) is -0.0726. The van der Waals surface area contributed by atoms with Crippen LogP contribution in [0.15, 0.2) is 18.2 Å². The van der Waals surface area contributed by atoms with E-state index < -0.39 is 0 Å². The molecule has 1 unspecified atom stereocenters. The molecule has 1 aliphatic rings. The summed E-state index contributed by atoms with van der Waals surface area (Å²) < 4.78 is 0. The second-order valence-electron chi connectivity index (χ2n) is 4.70. The molecule has 20 heavy (non-hydrogen) atoms. The van der Waals surface area contributed by atoms with E-state index in [0.29, 0.717) is 10.0 Å². The van der Waals surface area contributed by atoms with E-state index in [2.05, 4.69) is 10.6 Å². The Labute approximate surface area is 130 Å². The number of hydrogen-bond acceptors (Lipinski definition) is 3. The number of thiophene rings is 1. The van der Waals surface area contributed by atoms with Crippen LogP contribution in [0.5, 0.6) is 0 Å². The van der Waals surface area contributed by atoms with Crippen LogP contribution in [-0.2, 0) is 0 Å². The molecule has 0 saturated heterocycles. The van der Waals surface area contributed by atoms with Crippen molar-refractivity contribution in [3.05, 3.63) is 49.8 Å². The molecule has 0 bridgehead atoms. The summed E-state index contributed by atoms with van der Waals surface area (Å²) in [6, 6.07) is 5.25. The third kappa shape index (κ3) is 2.18. The molecule has 1 aromatic carbocycles. The highest BCUT2D eigenvalue weighted by atomic mass is 35.5. The van der Waals surface area contributed by atoms with Crippen LogP contribution in [0.1, 0.15) is 32.5 Å². The molecule has 1 aliphatic heterocycles. The molecule has 104 valence electrons. The molecule has 0 spiro atoms. The molecule has 3 nitrogen and oxygen atoms in total. The Bertz CT molecular complexity index is 711. The van der Waals surface area contributed by atoms with Gasteiger partial charge in [0.1, 0.15) is 11.2 Å². The van der Waals surface area contributed by atoms with Gasteiger partial charge in [-0.2, -0.15) is 0 Å². The molecule has 2 aromatic rings. The number of rotatable bonds is 1. The monoisotopic (exact) mass is 326 g/mol. The summed E-state index contributed by atoms with van der Waals surface area (Å²) in [6.45, 7) is 3.97. The van der Waals surface area contributed by atoms with Crippen LogP contribution >= 0.6 is 34.5 Å². The maximum absolute atomic E-state index is 12.3.